The zero-order valence-electron chi connectivity index (χ0n) is 12.6. The topological polar surface area (TPSA) is 17.8 Å². The van der Waals surface area contributed by atoms with Gasteiger partial charge in [0.15, 0.2) is 0 Å². The molecular weight excluding hydrogens is 395 g/mol. The summed E-state index contributed by atoms with van der Waals surface area (Å²) in [5.74, 6) is 2.64. The van der Waals surface area contributed by atoms with E-state index in [-0.39, 0.29) is 5.38 Å². The van der Waals surface area contributed by atoms with Gasteiger partial charge in [0, 0.05) is 10.1 Å². The summed E-state index contributed by atoms with van der Waals surface area (Å²) in [5, 5.41) is -0.0453. The Labute approximate surface area is 145 Å². The van der Waals surface area contributed by atoms with Crippen LogP contribution < -0.4 is 0 Å². The van der Waals surface area contributed by atoms with E-state index in [4.69, 9.17) is 16.6 Å². The molecule has 3 atom stereocenters. The molecule has 0 bridgehead atoms. The molecule has 2 nitrogen and oxygen atoms in total. The molecule has 1 aliphatic carbocycles. The summed E-state index contributed by atoms with van der Waals surface area (Å²) in [6, 6.07) is 6.50. The largest absolute Gasteiger partial charge is 0.326 e. The van der Waals surface area contributed by atoms with Crippen LogP contribution in [0.15, 0.2) is 18.2 Å². The lowest BCUT2D eigenvalue weighted by Gasteiger charge is -2.28. The smallest absolute Gasteiger partial charge is 0.127 e. The summed E-state index contributed by atoms with van der Waals surface area (Å²) in [7, 11) is 0. The SMILES string of the molecule is CC1CCCC(Cn2c(C(C)Cl)nc3cc(I)ccc32)C1. The van der Waals surface area contributed by atoms with E-state index in [9.17, 15) is 0 Å². The number of hydrogen-bond acceptors (Lipinski definition) is 1. The third-order valence-electron chi connectivity index (χ3n) is 4.58. The highest BCUT2D eigenvalue weighted by atomic mass is 127. The molecule has 4 heteroatoms. The predicted octanol–water partition coefficient (Wildman–Crippen LogP) is 5.77. The minimum absolute atomic E-state index is 0.0453. The summed E-state index contributed by atoms with van der Waals surface area (Å²) in [5.41, 5.74) is 2.31. The number of halogens is 2. The summed E-state index contributed by atoms with van der Waals surface area (Å²) < 4.78 is 3.59. The monoisotopic (exact) mass is 416 g/mol. The maximum absolute atomic E-state index is 6.38. The van der Waals surface area contributed by atoms with Gasteiger partial charge in [-0.25, -0.2) is 4.98 Å². The van der Waals surface area contributed by atoms with Crippen LogP contribution in [0.4, 0.5) is 0 Å². The Morgan fingerprint density at radius 1 is 1.43 bits per heavy atom. The van der Waals surface area contributed by atoms with Gasteiger partial charge in [-0.15, -0.1) is 11.6 Å². The second kappa shape index (κ2) is 6.45. The molecule has 3 rings (SSSR count). The van der Waals surface area contributed by atoms with Gasteiger partial charge in [-0.2, -0.15) is 0 Å². The van der Waals surface area contributed by atoms with Crippen LogP contribution in [-0.2, 0) is 6.54 Å². The quantitative estimate of drug-likeness (QED) is 0.459. The molecular formula is C17H22ClIN2. The first-order valence-electron chi connectivity index (χ1n) is 7.84. The van der Waals surface area contributed by atoms with Gasteiger partial charge in [-0.3, -0.25) is 0 Å². The summed E-state index contributed by atoms with van der Waals surface area (Å²) in [6.45, 7) is 5.47. The van der Waals surface area contributed by atoms with Crippen molar-refractivity contribution in [2.24, 2.45) is 11.8 Å². The molecule has 0 amide bonds. The highest BCUT2D eigenvalue weighted by Crippen LogP contribution is 2.33. The Kier molecular flexibility index (Phi) is 4.79. The van der Waals surface area contributed by atoms with E-state index in [0.29, 0.717) is 0 Å². The second-order valence-electron chi connectivity index (χ2n) is 6.47. The van der Waals surface area contributed by atoms with E-state index in [2.05, 4.69) is 52.3 Å². The molecule has 0 saturated heterocycles. The van der Waals surface area contributed by atoms with Gasteiger partial charge in [0.25, 0.3) is 0 Å². The molecule has 1 heterocycles. The fourth-order valence-electron chi connectivity index (χ4n) is 3.60. The van der Waals surface area contributed by atoms with Crippen LogP contribution in [0, 0.1) is 15.4 Å². The number of hydrogen-bond donors (Lipinski definition) is 0. The van der Waals surface area contributed by atoms with Crippen LogP contribution in [0.25, 0.3) is 11.0 Å². The number of benzene rings is 1. The van der Waals surface area contributed by atoms with E-state index < -0.39 is 0 Å². The number of nitrogens with zero attached hydrogens (tertiary/aromatic N) is 2. The number of aromatic nitrogens is 2. The number of alkyl halides is 1. The van der Waals surface area contributed by atoms with Crippen LogP contribution in [0.2, 0.25) is 0 Å². The van der Waals surface area contributed by atoms with Gasteiger partial charge in [-0.1, -0.05) is 19.8 Å². The molecule has 2 aromatic rings. The fraction of sp³-hybridized carbons (Fsp3) is 0.588. The van der Waals surface area contributed by atoms with Crippen LogP contribution >= 0.6 is 34.2 Å². The van der Waals surface area contributed by atoms with E-state index in [1.165, 1.54) is 34.8 Å². The standard InChI is InChI=1S/C17H22ClIN2/c1-11-4-3-5-13(8-11)10-21-16-7-6-14(19)9-15(16)20-17(21)12(2)18/h6-7,9,11-13H,3-5,8,10H2,1-2H3. The third-order valence-corrected chi connectivity index (χ3v) is 5.45. The van der Waals surface area contributed by atoms with Gasteiger partial charge in [0.2, 0.25) is 0 Å². The molecule has 1 fully saturated rings. The normalized spacial score (nSPS) is 24.4. The second-order valence-corrected chi connectivity index (χ2v) is 8.37. The van der Waals surface area contributed by atoms with Crippen molar-refractivity contribution in [3.63, 3.8) is 0 Å². The molecule has 1 aliphatic rings. The van der Waals surface area contributed by atoms with Crippen molar-refractivity contribution in [1.82, 2.24) is 9.55 Å². The van der Waals surface area contributed by atoms with Gasteiger partial charge >= 0.3 is 0 Å². The fourth-order valence-corrected chi connectivity index (χ4v) is 4.24. The first-order valence-corrected chi connectivity index (χ1v) is 9.36. The lowest BCUT2D eigenvalue weighted by Crippen LogP contribution is -2.19. The Hall–Kier alpha value is -0.290. The van der Waals surface area contributed by atoms with E-state index in [0.717, 1.165) is 29.7 Å². The number of rotatable bonds is 3. The minimum Gasteiger partial charge on any atom is -0.326 e. The maximum Gasteiger partial charge on any atom is 0.127 e. The van der Waals surface area contributed by atoms with Crippen molar-refractivity contribution >= 4 is 45.2 Å². The molecule has 3 unspecified atom stereocenters. The predicted molar refractivity (Wildman–Crippen MR) is 97.8 cm³/mol. The number of imidazole rings is 1. The van der Waals surface area contributed by atoms with Crippen LogP contribution in [-0.4, -0.2) is 9.55 Å². The van der Waals surface area contributed by atoms with Gasteiger partial charge < -0.3 is 4.57 Å². The number of fused-ring (bicyclic) bond motifs is 1. The highest BCUT2D eigenvalue weighted by Gasteiger charge is 2.22. The van der Waals surface area contributed by atoms with Crippen molar-refractivity contribution < 1.29 is 0 Å². The molecule has 0 spiro atoms. The molecule has 0 aliphatic heterocycles. The molecule has 0 N–H and O–H groups in total. The first-order chi connectivity index (χ1) is 10.0. The molecule has 0 radical (unpaired) electrons. The van der Waals surface area contributed by atoms with E-state index >= 15 is 0 Å². The van der Waals surface area contributed by atoms with Crippen LogP contribution in [0.3, 0.4) is 0 Å². The van der Waals surface area contributed by atoms with Crippen molar-refractivity contribution in [1.29, 1.82) is 0 Å². The van der Waals surface area contributed by atoms with Crippen molar-refractivity contribution in [3.05, 3.63) is 27.6 Å². The molecule has 1 aromatic heterocycles. The Morgan fingerprint density at radius 3 is 2.95 bits per heavy atom. The minimum atomic E-state index is -0.0453. The molecule has 1 aromatic carbocycles. The average molecular weight is 417 g/mol. The van der Waals surface area contributed by atoms with Crippen LogP contribution in [0.5, 0.6) is 0 Å². The van der Waals surface area contributed by atoms with Gasteiger partial charge in [0.05, 0.1) is 16.4 Å². The zero-order chi connectivity index (χ0) is 15.0. The summed E-state index contributed by atoms with van der Waals surface area (Å²) >= 11 is 8.72. The Morgan fingerprint density at radius 2 is 2.24 bits per heavy atom. The molecule has 21 heavy (non-hydrogen) atoms. The third kappa shape index (κ3) is 3.39. The highest BCUT2D eigenvalue weighted by molar-refractivity contribution is 14.1. The van der Waals surface area contributed by atoms with E-state index in [1.54, 1.807) is 0 Å². The average Bonchev–Trinajstić information content (AvgIpc) is 2.77. The van der Waals surface area contributed by atoms with Gasteiger partial charge in [0.1, 0.15) is 5.82 Å². The summed E-state index contributed by atoms with van der Waals surface area (Å²) in [4.78, 5) is 4.78. The Bertz CT molecular complexity index is 635. The molecule has 114 valence electrons. The Balaban J connectivity index is 1.97. The van der Waals surface area contributed by atoms with E-state index in [1.807, 2.05) is 6.92 Å². The van der Waals surface area contributed by atoms with Crippen molar-refractivity contribution in [2.75, 3.05) is 0 Å². The van der Waals surface area contributed by atoms with Crippen LogP contribution in [0.1, 0.15) is 50.7 Å². The maximum atomic E-state index is 6.38. The van der Waals surface area contributed by atoms with Gasteiger partial charge in [-0.05, 0) is 72.4 Å². The zero-order valence-corrected chi connectivity index (χ0v) is 15.6. The van der Waals surface area contributed by atoms with Crippen molar-refractivity contribution in [3.8, 4) is 0 Å². The van der Waals surface area contributed by atoms with Crippen molar-refractivity contribution in [2.45, 2.75) is 51.5 Å². The lowest BCUT2D eigenvalue weighted by atomic mass is 9.82. The first kappa shape index (κ1) is 15.6. The molecule has 1 saturated carbocycles. The lowest BCUT2D eigenvalue weighted by molar-refractivity contribution is 0.257. The summed E-state index contributed by atoms with van der Waals surface area (Å²) in [6.07, 6.45) is 5.42.